The fraction of sp³-hybridized carbons (Fsp3) is 0.812. The van der Waals surface area contributed by atoms with Gasteiger partial charge >= 0.3 is 0 Å². The van der Waals surface area contributed by atoms with Crippen LogP contribution in [-0.4, -0.2) is 71.0 Å². The van der Waals surface area contributed by atoms with E-state index in [9.17, 15) is 4.79 Å². The van der Waals surface area contributed by atoms with Crippen LogP contribution in [0.15, 0.2) is 0 Å². The van der Waals surface area contributed by atoms with Crippen molar-refractivity contribution in [3.8, 4) is 0 Å². The molecule has 3 rings (SSSR count). The van der Waals surface area contributed by atoms with Gasteiger partial charge in [-0.1, -0.05) is 6.92 Å². The van der Waals surface area contributed by atoms with Gasteiger partial charge < -0.3 is 14.8 Å². The van der Waals surface area contributed by atoms with Crippen LogP contribution in [0.4, 0.5) is 0 Å². The summed E-state index contributed by atoms with van der Waals surface area (Å²) in [4.78, 5) is 19.0. The summed E-state index contributed by atoms with van der Waals surface area (Å²) >= 11 is 0. The SMILES string of the molecule is CCc1nc([C@@H]2CN([C@@H](C)C(=O)NC[C@H]3CCCO3)CCO2)n[nH]1. The molecular weight excluding hydrogens is 310 g/mol. The van der Waals surface area contributed by atoms with Crippen LogP contribution in [0, 0.1) is 0 Å². The minimum atomic E-state index is -0.206. The van der Waals surface area contributed by atoms with E-state index in [1.54, 1.807) is 0 Å². The number of nitrogens with zero attached hydrogens (tertiary/aromatic N) is 3. The van der Waals surface area contributed by atoms with Crippen molar-refractivity contribution in [3.63, 3.8) is 0 Å². The van der Waals surface area contributed by atoms with Gasteiger partial charge in [0.05, 0.1) is 18.8 Å². The van der Waals surface area contributed by atoms with Gasteiger partial charge in [-0.15, -0.1) is 0 Å². The van der Waals surface area contributed by atoms with Crippen molar-refractivity contribution < 1.29 is 14.3 Å². The standard InChI is InChI=1S/C16H27N5O3/c1-3-14-18-15(20-19-14)13-10-21(6-8-24-13)11(2)16(22)17-9-12-5-4-7-23-12/h11-13H,3-10H2,1-2H3,(H,17,22)(H,18,19,20)/t11-,12+,13-/m0/s1. The van der Waals surface area contributed by atoms with E-state index in [-0.39, 0.29) is 24.2 Å². The number of H-pyrrole nitrogens is 1. The minimum absolute atomic E-state index is 0.0374. The van der Waals surface area contributed by atoms with Crippen LogP contribution in [0.25, 0.3) is 0 Å². The lowest BCUT2D eigenvalue weighted by Gasteiger charge is -2.35. The van der Waals surface area contributed by atoms with E-state index in [0.717, 1.165) is 38.2 Å². The highest BCUT2D eigenvalue weighted by molar-refractivity contribution is 5.81. The van der Waals surface area contributed by atoms with E-state index >= 15 is 0 Å². The Morgan fingerprint density at radius 2 is 2.33 bits per heavy atom. The van der Waals surface area contributed by atoms with Gasteiger partial charge in [0.1, 0.15) is 11.9 Å². The van der Waals surface area contributed by atoms with Gasteiger partial charge in [0.15, 0.2) is 5.82 Å². The van der Waals surface area contributed by atoms with Crippen LogP contribution < -0.4 is 5.32 Å². The summed E-state index contributed by atoms with van der Waals surface area (Å²) < 4.78 is 11.3. The number of carbonyl (C=O) groups excluding carboxylic acids is 1. The van der Waals surface area contributed by atoms with Crippen molar-refractivity contribution in [3.05, 3.63) is 11.6 Å². The number of carbonyl (C=O) groups is 1. The van der Waals surface area contributed by atoms with E-state index in [2.05, 4.69) is 25.4 Å². The number of hydrogen-bond donors (Lipinski definition) is 2. The summed E-state index contributed by atoms with van der Waals surface area (Å²) in [5.74, 6) is 1.56. The number of hydrogen-bond acceptors (Lipinski definition) is 6. The Morgan fingerprint density at radius 3 is 3.04 bits per heavy atom. The molecule has 2 saturated heterocycles. The molecule has 2 aliphatic rings. The van der Waals surface area contributed by atoms with E-state index in [1.807, 2.05) is 13.8 Å². The van der Waals surface area contributed by atoms with Crippen LogP contribution in [0.3, 0.4) is 0 Å². The number of rotatable bonds is 6. The van der Waals surface area contributed by atoms with Crippen molar-refractivity contribution in [2.75, 3.05) is 32.8 Å². The highest BCUT2D eigenvalue weighted by Gasteiger charge is 2.31. The lowest BCUT2D eigenvalue weighted by molar-refractivity contribution is -0.130. The molecule has 8 heteroatoms. The van der Waals surface area contributed by atoms with Crippen molar-refractivity contribution in [2.45, 2.75) is 51.4 Å². The van der Waals surface area contributed by atoms with Crippen LogP contribution >= 0.6 is 0 Å². The molecule has 8 nitrogen and oxygen atoms in total. The lowest BCUT2D eigenvalue weighted by Crippen LogP contribution is -2.51. The topological polar surface area (TPSA) is 92.4 Å². The number of morpholine rings is 1. The Bertz CT molecular complexity index is 544. The molecule has 0 aromatic carbocycles. The summed E-state index contributed by atoms with van der Waals surface area (Å²) in [7, 11) is 0. The third-order valence-electron chi connectivity index (χ3n) is 4.72. The fourth-order valence-corrected chi connectivity index (χ4v) is 3.12. The average Bonchev–Trinajstić information content (AvgIpc) is 3.30. The molecule has 134 valence electrons. The first kappa shape index (κ1) is 17.3. The highest BCUT2D eigenvalue weighted by atomic mass is 16.5. The van der Waals surface area contributed by atoms with Crippen LogP contribution in [0.5, 0.6) is 0 Å². The van der Waals surface area contributed by atoms with Crippen LogP contribution in [0.1, 0.15) is 44.4 Å². The summed E-state index contributed by atoms with van der Waals surface area (Å²) in [6, 6.07) is -0.206. The number of aromatic amines is 1. The number of aromatic nitrogens is 3. The van der Waals surface area contributed by atoms with E-state index in [1.165, 1.54) is 0 Å². The van der Waals surface area contributed by atoms with Crippen LogP contribution in [-0.2, 0) is 20.7 Å². The van der Waals surface area contributed by atoms with Crippen molar-refractivity contribution in [2.24, 2.45) is 0 Å². The summed E-state index contributed by atoms with van der Waals surface area (Å²) in [5.41, 5.74) is 0. The number of aryl methyl sites for hydroxylation is 1. The zero-order valence-electron chi connectivity index (χ0n) is 14.5. The maximum Gasteiger partial charge on any atom is 0.237 e. The zero-order chi connectivity index (χ0) is 16.9. The quantitative estimate of drug-likeness (QED) is 0.782. The molecule has 1 amide bonds. The van der Waals surface area contributed by atoms with Gasteiger partial charge in [-0.05, 0) is 19.8 Å². The van der Waals surface area contributed by atoms with Crippen LogP contribution in [0.2, 0.25) is 0 Å². The first-order valence-electron chi connectivity index (χ1n) is 8.83. The predicted molar refractivity (Wildman–Crippen MR) is 87.5 cm³/mol. The van der Waals surface area contributed by atoms with E-state index in [4.69, 9.17) is 9.47 Å². The first-order chi connectivity index (χ1) is 11.7. The molecule has 3 heterocycles. The molecule has 0 bridgehead atoms. The molecule has 0 radical (unpaired) electrons. The van der Waals surface area contributed by atoms with Crippen molar-refractivity contribution in [1.29, 1.82) is 0 Å². The molecule has 0 unspecified atom stereocenters. The van der Waals surface area contributed by atoms with Gasteiger partial charge in [0.25, 0.3) is 0 Å². The van der Waals surface area contributed by atoms with Crippen molar-refractivity contribution >= 4 is 5.91 Å². The van der Waals surface area contributed by atoms with Gasteiger partial charge in [0, 0.05) is 32.7 Å². The minimum Gasteiger partial charge on any atom is -0.376 e. The second-order valence-electron chi connectivity index (χ2n) is 6.40. The zero-order valence-corrected chi connectivity index (χ0v) is 14.5. The summed E-state index contributed by atoms with van der Waals surface area (Å²) in [6.45, 7) is 7.28. The monoisotopic (exact) mass is 337 g/mol. The molecular formula is C16H27N5O3. The molecule has 2 N–H and O–H groups in total. The maximum atomic E-state index is 12.4. The predicted octanol–water partition coefficient (Wildman–Crippen LogP) is 0.424. The normalized spacial score (nSPS) is 26.4. The van der Waals surface area contributed by atoms with Gasteiger partial charge in [-0.3, -0.25) is 14.8 Å². The molecule has 0 spiro atoms. The summed E-state index contributed by atoms with van der Waals surface area (Å²) in [5, 5.41) is 10.2. The maximum absolute atomic E-state index is 12.4. The molecule has 0 aliphatic carbocycles. The second kappa shape index (κ2) is 8.04. The second-order valence-corrected chi connectivity index (χ2v) is 6.40. The third kappa shape index (κ3) is 4.12. The van der Waals surface area contributed by atoms with Crippen molar-refractivity contribution in [1.82, 2.24) is 25.4 Å². The molecule has 3 atom stereocenters. The molecule has 24 heavy (non-hydrogen) atoms. The van der Waals surface area contributed by atoms with Gasteiger partial charge in [-0.25, -0.2) is 4.98 Å². The summed E-state index contributed by atoms with van der Waals surface area (Å²) in [6.07, 6.45) is 2.89. The first-order valence-corrected chi connectivity index (χ1v) is 8.83. The fourth-order valence-electron chi connectivity index (χ4n) is 3.12. The van der Waals surface area contributed by atoms with Gasteiger partial charge in [-0.2, -0.15) is 5.10 Å². The Morgan fingerprint density at radius 1 is 1.46 bits per heavy atom. The Kier molecular flexibility index (Phi) is 5.80. The number of amides is 1. The number of nitrogens with one attached hydrogen (secondary N) is 2. The molecule has 0 saturated carbocycles. The van der Waals surface area contributed by atoms with E-state index in [0.29, 0.717) is 25.5 Å². The average molecular weight is 337 g/mol. The van der Waals surface area contributed by atoms with E-state index < -0.39 is 0 Å². The molecule has 1 aromatic heterocycles. The Labute approximate surface area is 142 Å². The third-order valence-corrected chi connectivity index (χ3v) is 4.72. The molecule has 2 fully saturated rings. The van der Waals surface area contributed by atoms with Gasteiger partial charge in [0.2, 0.25) is 5.91 Å². The Hall–Kier alpha value is -1.51. The Balaban J connectivity index is 1.51. The largest absolute Gasteiger partial charge is 0.376 e. The number of ether oxygens (including phenoxy) is 2. The highest BCUT2D eigenvalue weighted by Crippen LogP contribution is 2.21. The lowest BCUT2D eigenvalue weighted by atomic mass is 10.2. The molecule has 1 aromatic rings. The smallest absolute Gasteiger partial charge is 0.237 e. The molecule has 2 aliphatic heterocycles.